The van der Waals surface area contributed by atoms with E-state index in [-0.39, 0.29) is 11.8 Å². The van der Waals surface area contributed by atoms with Crippen LogP contribution in [0.3, 0.4) is 0 Å². The van der Waals surface area contributed by atoms with Gasteiger partial charge < -0.3 is 10.2 Å². The van der Waals surface area contributed by atoms with Gasteiger partial charge >= 0.3 is 0 Å². The Morgan fingerprint density at radius 1 is 1.03 bits per heavy atom. The van der Waals surface area contributed by atoms with Crippen molar-refractivity contribution in [3.63, 3.8) is 0 Å². The Bertz CT molecular complexity index is 880. The minimum Gasteiger partial charge on any atom is -0.340 e. The van der Waals surface area contributed by atoms with Crippen molar-refractivity contribution in [3.05, 3.63) is 63.6 Å². The maximum Gasteiger partial charge on any atom is 0.227 e. The predicted octanol–water partition coefficient (Wildman–Crippen LogP) is 4.02. The Labute approximate surface area is 181 Å². The number of aryl methyl sites for hydroxylation is 1. The minimum atomic E-state index is -0.104. The zero-order valence-electron chi connectivity index (χ0n) is 16.5. The van der Waals surface area contributed by atoms with E-state index in [1.807, 2.05) is 36.1 Å². The largest absolute Gasteiger partial charge is 0.340 e. The van der Waals surface area contributed by atoms with Crippen molar-refractivity contribution in [2.45, 2.75) is 19.8 Å². The topological polar surface area (TPSA) is 52.7 Å². The Morgan fingerprint density at radius 2 is 1.76 bits per heavy atom. The molecule has 0 atom stereocenters. The van der Waals surface area contributed by atoms with E-state index in [1.54, 1.807) is 18.2 Å². The summed E-state index contributed by atoms with van der Waals surface area (Å²) in [4.78, 5) is 28.9. The fraction of sp³-hybridized carbons (Fsp3) is 0.364. The fourth-order valence-electron chi connectivity index (χ4n) is 3.37. The molecule has 3 rings (SSSR count). The highest BCUT2D eigenvalue weighted by molar-refractivity contribution is 6.35. The quantitative estimate of drug-likeness (QED) is 0.748. The van der Waals surface area contributed by atoms with Crippen LogP contribution in [0.5, 0.6) is 0 Å². The summed E-state index contributed by atoms with van der Waals surface area (Å²) in [5.74, 6) is 0.0551. The van der Waals surface area contributed by atoms with Gasteiger partial charge in [0.1, 0.15) is 0 Å². The van der Waals surface area contributed by atoms with Crippen LogP contribution in [0.15, 0.2) is 42.5 Å². The number of anilines is 1. The molecule has 1 saturated heterocycles. The van der Waals surface area contributed by atoms with Crippen LogP contribution in [0.4, 0.5) is 5.69 Å². The van der Waals surface area contributed by atoms with Gasteiger partial charge in [-0.15, -0.1) is 0 Å². The number of hydrogen-bond donors (Lipinski definition) is 1. The van der Waals surface area contributed by atoms with Gasteiger partial charge in [0.25, 0.3) is 0 Å². The lowest BCUT2D eigenvalue weighted by atomic mass is 10.1. The molecule has 29 heavy (non-hydrogen) atoms. The zero-order chi connectivity index (χ0) is 20.8. The first-order chi connectivity index (χ1) is 13.9. The van der Waals surface area contributed by atoms with E-state index >= 15 is 0 Å². The second-order valence-electron chi connectivity index (χ2n) is 7.25. The van der Waals surface area contributed by atoms with E-state index in [0.29, 0.717) is 48.2 Å². The average Bonchev–Trinajstić information content (AvgIpc) is 2.71. The molecule has 0 radical (unpaired) electrons. The molecular weight excluding hydrogens is 409 g/mol. The highest BCUT2D eigenvalue weighted by Crippen LogP contribution is 2.25. The number of rotatable bonds is 6. The third kappa shape index (κ3) is 6.20. The van der Waals surface area contributed by atoms with Gasteiger partial charge in [-0.2, -0.15) is 0 Å². The van der Waals surface area contributed by atoms with E-state index in [1.165, 1.54) is 0 Å². The molecular formula is C22H25Cl2N3O2. The normalized spacial score (nSPS) is 14.7. The van der Waals surface area contributed by atoms with Crippen molar-refractivity contribution < 1.29 is 9.59 Å². The highest BCUT2D eigenvalue weighted by atomic mass is 35.5. The van der Waals surface area contributed by atoms with Crippen LogP contribution >= 0.6 is 23.2 Å². The van der Waals surface area contributed by atoms with E-state index in [2.05, 4.69) is 10.2 Å². The van der Waals surface area contributed by atoms with Gasteiger partial charge in [0.15, 0.2) is 0 Å². The van der Waals surface area contributed by atoms with E-state index in [4.69, 9.17) is 23.2 Å². The third-order valence-electron chi connectivity index (χ3n) is 5.19. The molecule has 0 unspecified atom stereocenters. The SMILES string of the molecule is Cc1ccccc1CC(=O)N1CCN(CCC(=O)Nc2cc(Cl)ccc2Cl)CC1. The fourth-order valence-corrected chi connectivity index (χ4v) is 3.71. The number of nitrogens with zero attached hydrogens (tertiary/aromatic N) is 2. The number of carbonyl (C=O) groups is 2. The molecule has 5 nitrogen and oxygen atoms in total. The molecule has 0 bridgehead atoms. The number of piperazine rings is 1. The smallest absolute Gasteiger partial charge is 0.227 e. The maximum absolute atomic E-state index is 12.6. The van der Waals surface area contributed by atoms with Gasteiger partial charge in [0.05, 0.1) is 17.1 Å². The lowest BCUT2D eigenvalue weighted by molar-refractivity contribution is -0.132. The van der Waals surface area contributed by atoms with Crippen LogP contribution in [0, 0.1) is 6.92 Å². The van der Waals surface area contributed by atoms with E-state index < -0.39 is 0 Å². The predicted molar refractivity (Wildman–Crippen MR) is 118 cm³/mol. The lowest BCUT2D eigenvalue weighted by Gasteiger charge is -2.34. The van der Waals surface area contributed by atoms with Crippen LogP contribution in [0.25, 0.3) is 0 Å². The number of amides is 2. The summed E-state index contributed by atoms with van der Waals surface area (Å²) in [5, 5.41) is 3.79. The Balaban J connectivity index is 1.41. The first kappa shape index (κ1) is 21.6. The van der Waals surface area contributed by atoms with Gasteiger partial charge in [-0.3, -0.25) is 14.5 Å². The average molecular weight is 434 g/mol. The standard InChI is InChI=1S/C22H25Cl2N3O2/c1-16-4-2-3-5-17(16)14-22(29)27-12-10-26(11-13-27)9-8-21(28)25-20-15-18(23)6-7-19(20)24/h2-7,15H,8-14H2,1H3,(H,25,28). The van der Waals surface area contributed by atoms with Crippen LogP contribution in [0.1, 0.15) is 17.5 Å². The molecule has 2 aromatic rings. The number of halogens is 2. The second kappa shape index (κ2) is 10.1. The van der Waals surface area contributed by atoms with Crippen molar-refractivity contribution in [2.24, 2.45) is 0 Å². The van der Waals surface area contributed by atoms with Gasteiger partial charge in [-0.05, 0) is 36.2 Å². The Kier molecular flexibility index (Phi) is 7.53. The van der Waals surface area contributed by atoms with Crippen molar-refractivity contribution in [2.75, 3.05) is 38.0 Å². The van der Waals surface area contributed by atoms with Crippen LogP contribution < -0.4 is 5.32 Å². The first-order valence-electron chi connectivity index (χ1n) is 9.72. The highest BCUT2D eigenvalue weighted by Gasteiger charge is 2.22. The molecule has 1 fully saturated rings. The van der Waals surface area contributed by atoms with Gasteiger partial charge in [0, 0.05) is 44.2 Å². The summed E-state index contributed by atoms with van der Waals surface area (Å²) >= 11 is 12.0. The van der Waals surface area contributed by atoms with E-state index in [0.717, 1.165) is 24.2 Å². The number of nitrogens with one attached hydrogen (secondary N) is 1. The molecule has 1 N–H and O–H groups in total. The molecule has 1 heterocycles. The van der Waals surface area contributed by atoms with Crippen molar-refractivity contribution >= 4 is 40.7 Å². The Hall–Kier alpha value is -2.08. The molecule has 2 aromatic carbocycles. The molecule has 0 saturated carbocycles. The summed E-state index contributed by atoms with van der Waals surface area (Å²) in [6, 6.07) is 13.0. The van der Waals surface area contributed by atoms with Crippen LogP contribution in [-0.4, -0.2) is 54.3 Å². The van der Waals surface area contributed by atoms with Crippen LogP contribution in [0.2, 0.25) is 10.0 Å². The number of benzene rings is 2. The van der Waals surface area contributed by atoms with Gasteiger partial charge in [0.2, 0.25) is 11.8 Å². The summed E-state index contributed by atoms with van der Waals surface area (Å²) < 4.78 is 0. The molecule has 0 spiro atoms. The molecule has 1 aliphatic rings. The van der Waals surface area contributed by atoms with E-state index in [9.17, 15) is 9.59 Å². The van der Waals surface area contributed by atoms with Crippen LogP contribution in [-0.2, 0) is 16.0 Å². The number of carbonyl (C=O) groups excluding carboxylic acids is 2. The second-order valence-corrected chi connectivity index (χ2v) is 8.09. The van der Waals surface area contributed by atoms with Gasteiger partial charge in [-0.1, -0.05) is 47.5 Å². The number of hydrogen-bond acceptors (Lipinski definition) is 3. The monoisotopic (exact) mass is 433 g/mol. The summed E-state index contributed by atoms with van der Waals surface area (Å²) in [7, 11) is 0. The minimum absolute atomic E-state index is 0.104. The van der Waals surface area contributed by atoms with Crippen molar-refractivity contribution in [3.8, 4) is 0 Å². The molecule has 0 aromatic heterocycles. The molecule has 0 aliphatic carbocycles. The molecule has 1 aliphatic heterocycles. The van der Waals surface area contributed by atoms with Crippen molar-refractivity contribution in [1.29, 1.82) is 0 Å². The molecule has 2 amide bonds. The maximum atomic E-state index is 12.6. The zero-order valence-corrected chi connectivity index (χ0v) is 18.0. The van der Waals surface area contributed by atoms with Crippen molar-refractivity contribution in [1.82, 2.24) is 9.80 Å². The summed E-state index contributed by atoms with van der Waals surface area (Å²) in [6.07, 6.45) is 0.801. The lowest BCUT2D eigenvalue weighted by Crippen LogP contribution is -2.49. The van der Waals surface area contributed by atoms with Gasteiger partial charge in [-0.25, -0.2) is 0 Å². The third-order valence-corrected chi connectivity index (χ3v) is 5.75. The molecule has 7 heteroatoms. The molecule has 154 valence electrons. The first-order valence-corrected chi connectivity index (χ1v) is 10.5. The summed E-state index contributed by atoms with van der Waals surface area (Å²) in [6.45, 7) is 5.58. The summed E-state index contributed by atoms with van der Waals surface area (Å²) in [5.41, 5.74) is 2.75. The Morgan fingerprint density at radius 3 is 2.48 bits per heavy atom.